The van der Waals surface area contributed by atoms with E-state index in [2.05, 4.69) is 77.7 Å². The highest BCUT2D eigenvalue weighted by Crippen LogP contribution is 2.25. The Bertz CT molecular complexity index is 592. The van der Waals surface area contributed by atoms with Gasteiger partial charge in [-0.05, 0) is 33.6 Å². The third-order valence-electron chi connectivity index (χ3n) is 4.91. The number of rotatable bonds is 8. The minimum Gasteiger partial charge on any atom is -0.388 e. The lowest BCUT2D eigenvalue weighted by Gasteiger charge is -2.32. The number of aliphatic hydroxyl groups excluding tert-OH is 1. The zero-order valence-electron chi connectivity index (χ0n) is 16.3. The number of benzene rings is 1. The molecule has 2 atom stereocenters. The third-order valence-corrected chi connectivity index (χ3v) is 8.74. The second-order valence-corrected chi connectivity index (χ2v) is 12.1. The fourth-order valence-electron chi connectivity index (χ4n) is 2.92. The van der Waals surface area contributed by atoms with Gasteiger partial charge in [0.2, 0.25) is 0 Å². The first-order chi connectivity index (χ1) is 11.2. The van der Waals surface area contributed by atoms with E-state index in [0.29, 0.717) is 0 Å². The molecule has 2 heteroatoms. The van der Waals surface area contributed by atoms with Crippen molar-refractivity contribution in [1.82, 2.24) is 0 Å². The third kappa shape index (κ3) is 5.92. The Hall–Kier alpha value is -1.38. The van der Waals surface area contributed by atoms with Gasteiger partial charge >= 0.3 is 0 Å². The molecule has 0 aromatic heterocycles. The molecule has 0 unspecified atom stereocenters. The molecule has 24 heavy (non-hydrogen) atoms. The summed E-state index contributed by atoms with van der Waals surface area (Å²) in [7, 11) is -1.79. The fraction of sp³-hybridized carbons (Fsp3) is 0.455. The molecule has 0 radical (unpaired) electrons. The summed E-state index contributed by atoms with van der Waals surface area (Å²) in [6.07, 6.45) is 5.85. The number of allylic oxidation sites excluding steroid dienone is 3. The summed E-state index contributed by atoms with van der Waals surface area (Å²) in [6, 6.07) is 10.6. The van der Waals surface area contributed by atoms with Crippen LogP contribution in [-0.4, -0.2) is 19.3 Å². The molecule has 1 nitrogen and oxygen atoms in total. The van der Waals surface area contributed by atoms with Crippen LogP contribution < -0.4 is 5.19 Å². The molecule has 132 valence electrons. The molecule has 1 rings (SSSR count). The van der Waals surface area contributed by atoms with Crippen molar-refractivity contribution in [3.05, 3.63) is 65.4 Å². The molecule has 1 N–H and O–H groups in total. The van der Waals surface area contributed by atoms with Crippen molar-refractivity contribution in [2.24, 2.45) is 5.92 Å². The molecule has 0 aliphatic rings. The Labute approximate surface area is 149 Å². The standard InChI is InChI=1S/C22H34OSi/c1-17(2)12-11-13-18(3)16-22(23)19(4)20(5)24(6,7)21-14-9-8-10-15-21/h8-10,12,14-16,19,22-23H,5,11,13H2,1-4,6-7H3/b18-16+/t19-,22+/m0/s1. The van der Waals surface area contributed by atoms with Crippen LogP contribution in [0.1, 0.15) is 40.5 Å². The van der Waals surface area contributed by atoms with E-state index in [1.165, 1.54) is 21.5 Å². The van der Waals surface area contributed by atoms with Gasteiger partial charge in [-0.15, -0.1) is 6.58 Å². The van der Waals surface area contributed by atoms with E-state index in [4.69, 9.17) is 0 Å². The van der Waals surface area contributed by atoms with Gasteiger partial charge in [-0.2, -0.15) is 0 Å². The second kappa shape index (κ2) is 9.19. The van der Waals surface area contributed by atoms with Crippen LogP contribution >= 0.6 is 0 Å². The van der Waals surface area contributed by atoms with Gasteiger partial charge in [-0.1, -0.05) is 84.0 Å². The van der Waals surface area contributed by atoms with Gasteiger partial charge in [0, 0.05) is 5.92 Å². The lowest BCUT2D eigenvalue weighted by Crippen LogP contribution is -2.46. The molecule has 0 spiro atoms. The van der Waals surface area contributed by atoms with Gasteiger partial charge in [0.25, 0.3) is 0 Å². The van der Waals surface area contributed by atoms with Gasteiger partial charge in [0.05, 0.1) is 6.10 Å². The van der Waals surface area contributed by atoms with Crippen molar-refractivity contribution in [1.29, 1.82) is 0 Å². The molecule has 1 aromatic carbocycles. The molecule has 0 heterocycles. The SMILES string of the molecule is C=C([C@H](C)[C@H](O)/C=C(\C)CCC=C(C)C)[Si](C)(C)c1ccccc1. The molecule has 0 aliphatic heterocycles. The monoisotopic (exact) mass is 342 g/mol. The van der Waals surface area contributed by atoms with E-state index >= 15 is 0 Å². The molecular formula is C22H34OSi. The summed E-state index contributed by atoms with van der Waals surface area (Å²) in [5.41, 5.74) is 2.60. The number of aliphatic hydroxyl groups is 1. The molecule has 1 aromatic rings. The zero-order chi connectivity index (χ0) is 18.3. The quantitative estimate of drug-likeness (QED) is 0.496. The molecule has 0 fully saturated rings. The summed E-state index contributed by atoms with van der Waals surface area (Å²) in [5, 5.41) is 13.2. The van der Waals surface area contributed by atoms with Crippen molar-refractivity contribution in [2.45, 2.75) is 59.7 Å². The van der Waals surface area contributed by atoms with Gasteiger partial charge in [-0.25, -0.2) is 0 Å². The van der Waals surface area contributed by atoms with Crippen LogP contribution in [-0.2, 0) is 0 Å². The normalized spacial score (nSPS) is 14.9. The van der Waals surface area contributed by atoms with Crippen LogP contribution in [0.3, 0.4) is 0 Å². The Balaban J connectivity index is 2.79. The van der Waals surface area contributed by atoms with E-state index < -0.39 is 14.2 Å². The summed E-state index contributed by atoms with van der Waals surface area (Å²) < 4.78 is 0. The van der Waals surface area contributed by atoms with Gasteiger partial charge in [0.15, 0.2) is 0 Å². The van der Waals surface area contributed by atoms with E-state index in [-0.39, 0.29) is 5.92 Å². The maximum Gasteiger partial charge on any atom is 0.107 e. The van der Waals surface area contributed by atoms with Crippen LogP contribution in [0.25, 0.3) is 0 Å². The van der Waals surface area contributed by atoms with Crippen molar-refractivity contribution in [2.75, 3.05) is 0 Å². The predicted molar refractivity (Wildman–Crippen MR) is 110 cm³/mol. The maximum absolute atomic E-state index is 10.6. The minimum absolute atomic E-state index is 0.0743. The topological polar surface area (TPSA) is 20.2 Å². The largest absolute Gasteiger partial charge is 0.388 e. The smallest absolute Gasteiger partial charge is 0.107 e. The Morgan fingerprint density at radius 3 is 2.29 bits per heavy atom. The molecule has 0 saturated carbocycles. The molecule has 0 amide bonds. The summed E-state index contributed by atoms with van der Waals surface area (Å²) in [6.45, 7) is 17.5. The molecule has 0 saturated heterocycles. The second-order valence-electron chi connectivity index (χ2n) is 7.63. The van der Waals surface area contributed by atoms with Crippen LogP contribution in [0.5, 0.6) is 0 Å². The Kier molecular flexibility index (Phi) is 7.91. The number of hydrogen-bond acceptors (Lipinski definition) is 1. The van der Waals surface area contributed by atoms with Crippen LogP contribution in [0.15, 0.2) is 65.4 Å². The highest BCUT2D eigenvalue weighted by Gasteiger charge is 2.32. The van der Waals surface area contributed by atoms with Crippen molar-refractivity contribution >= 4 is 13.3 Å². The molecular weight excluding hydrogens is 308 g/mol. The molecule has 0 bridgehead atoms. The molecule has 0 aliphatic carbocycles. The average molecular weight is 343 g/mol. The van der Waals surface area contributed by atoms with Gasteiger partial charge < -0.3 is 5.11 Å². The predicted octanol–water partition coefficient (Wildman–Crippen LogP) is 5.39. The summed E-state index contributed by atoms with van der Waals surface area (Å²) in [4.78, 5) is 0. The van der Waals surface area contributed by atoms with Crippen LogP contribution in [0, 0.1) is 5.92 Å². The van der Waals surface area contributed by atoms with Crippen molar-refractivity contribution in [3.8, 4) is 0 Å². The van der Waals surface area contributed by atoms with Gasteiger partial charge in [0.1, 0.15) is 8.07 Å². The lowest BCUT2D eigenvalue weighted by atomic mass is 10.0. The Morgan fingerprint density at radius 2 is 1.75 bits per heavy atom. The van der Waals surface area contributed by atoms with Gasteiger partial charge in [-0.3, -0.25) is 0 Å². The first kappa shape index (κ1) is 20.7. The van der Waals surface area contributed by atoms with Crippen LogP contribution in [0.2, 0.25) is 13.1 Å². The Morgan fingerprint density at radius 1 is 1.17 bits per heavy atom. The number of hydrogen-bond donors (Lipinski definition) is 1. The highest BCUT2D eigenvalue weighted by atomic mass is 28.3. The first-order valence-corrected chi connectivity index (χ1v) is 11.9. The minimum atomic E-state index is -1.79. The van der Waals surface area contributed by atoms with Crippen molar-refractivity contribution in [3.63, 3.8) is 0 Å². The summed E-state index contributed by atoms with van der Waals surface area (Å²) in [5.74, 6) is 0.0743. The first-order valence-electron chi connectivity index (χ1n) is 8.89. The van der Waals surface area contributed by atoms with E-state index in [0.717, 1.165) is 12.8 Å². The summed E-state index contributed by atoms with van der Waals surface area (Å²) >= 11 is 0. The average Bonchev–Trinajstić information content (AvgIpc) is 2.53. The van der Waals surface area contributed by atoms with E-state index in [1.54, 1.807) is 0 Å². The highest BCUT2D eigenvalue weighted by molar-refractivity contribution is 6.95. The van der Waals surface area contributed by atoms with E-state index in [9.17, 15) is 5.11 Å². The van der Waals surface area contributed by atoms with Crippen LogP contribution in [0.4, 0.5) is 0 Å². The fourth-order valence-corrected chi connectivity index (χ4v) is 5.63. The van der Waals surface area contributed by atoms with E-state index in [1.807, 2.05) is 12.1 Å². The maximum atomic E-state index is 10.6. The van der Waals surface area contributed by atoms with Crippen molar-refractivity contribution < 1.29 is 5.11 Å². The lowest BCUT2D eigenvalue weighted by molar-refractivity contribution is 0.182. The zero-order valence-corrected chi connectivity index (χ0v) is 17.3.